The maximum atomic E-state index is 5.88. The number of rotatable bonds is 5. The molecule has 2 N–H and O–H groups in total. The van der Waals surface area contributed by atoms with Gasteiger partial charge in [0, 0.05) is 11.0 Å². The van der Waals surface area contributed by atoms with E-state index in [1.807, 2.05) is 29.3 Å². The SMILES string of the molecule is COc1ccc(CN2OC(N)=CC2c2sccc2C)cc1OC. The van der Waals surface area contributed by atoms with Crippen LogP contribution in [-0.2, 0) is 11.4 Å². The molecule has 0 amide bonds. The first-order valence-electron chi connectivity index (χ1n) is 7.29. The number of methoxy groups -OCH3 is 2. The number of nitrogens with zero attached hydrogens (tertiary/aromatic N) is 1. The van der Waals surface area contributed by atoms with Crippen molar-refractivity contribution in [3.05, 3.63) is 57.6 Å². The highest BCUT2D eigenvalue weighted by atomic mass is 32.1. The first kappa shape index (κ1) is 15.7. The Morgan fingerprint density at radius 3 is 2.65 bits per heavy atom. The van der Waals surface area contributed by atoms with Gasteiger partial charge in [-0.15, -0.1) is 16.4 Å². The quantitative estimate of drug-likeness (QED) is 0.910. The number of aryl methyl sites for hydroxylation is 1. The Hall–Kier alpha value is -2.18. The maximum absolute atomic E-state index is 5.88. The summed E-state index contributed by atoms with van der Waals surface area (Å²) in [6, 6.07) is 7.98. The molecule has 3 rings (SSSR count). The predicted molar refractivity (Wildman–Crippen MR) is 90.2 cm³/mol. The van der Waals surface area contributed by atoms with E-state index in [4.69, 9.17) is 20.0 Å². The molecule has 122 valence electrons. The van der Waals surface area contributed by atoms with E-state index in [2.05, 4.69) is 18.4 Å². The van der Waals surface area contributed by atoms with Crippen molar-refractivity contribution in [2.24, 2.45) is 5.73 Å². The molecule has 1 aliphatic rings. The van der Waals surface area contributed by atoms with Crippen molar-refractivity contribution >= 4 is 11.3 Å². The Morgan fingerprint density at radius 2 is 2.00 bits per heavy atom. The van der Waals surface area contributed by atoms with Crippen molar-refractivity contribution in [2.45, 2.75) is 19.5 Å². The van der Waals surface area contributed by atoms with Crippen LogP contribution < -0.4 is 15.2 Å². The normalized spacial score (nSPS) is 17.7. The van der Waals surface area contributed by atoms with Crippen molar-refractivity contribution in [1.82, 2.24) is 5.06 Å². The molecule has 1 aromatic heterocycles. The monoisotopic (exact) mass is 332 g/mol. The van der Waals surface area contributed by atoms with Gasteiger partial charge in [0.2, 0.25) is 5.88 Å². The van der Waals surface area contributed by atoms with Gasteiger partial charge in [-0.3, -0.25) is 0 Å². The molecular formula is C17H20N2O3S. The number of nitrogens with two attached hydrogens (primary N) is 1. The molecule has 6 heteroatoms. The summed E-state index contributed by atoms with van der Waals surface area (Å²) in [5, 5.41) is 3.97. The standard InChI is InChI=1S/C17H20N2O3S/c1-11-6-7-23-17(11)13-9-16(18)22-19(13)10-12-4-5-14(20-2)15(8-12)21-3/h4-9,13H,10,18H2,1-3H3. The lowest BCUT2D eigenvalue weighted by Gasteiger charge is -2.23. The van der Waals surface area contributed by atoms with Gasteiger partial charge in [0.05, 0.1) is 20.8 Å². The fourth-order valence-electron chi connectivity index (χ4n) is 2.64. The van der Waals surface area contributed by atoms with E-state index < -0.39 is 0 Å². The third kappa shape index (κ3) is 3.13. The largest absolute Gasteiger partial charge is 0.493 e. The minimum absolute atomic E-state index is 0.0306. The summed E-state index contributed by atoms with van der Waals surface area (Å²) < 4.78 is 10.6. The topological polar surface area (TPSA) is 57.0 Å². The molecule has 2 heterocycles. The van der Waals surface area contributed by atoms with Crippen LogP contribution in [-0.4, -0.2) is 19.3 Å². The van der Waals surface area contributed by atoms with E-state index in [9.17, 15) is 0 Å². The van der Waals surface area contributed by atoms with Crippen molar-refractivity contribution in [2.75, 3.05) is 14.2 Å². The molecule has 0 saturated heterocycles. The van der Waals surface area contributed by atoms with E-state index in [0.29, 0.717) is 23.9 Å². The summed E-state index contributed by atoms with van der Waals surface area (Å²) in [7, 11) is 3.26. The lowest BCUT2D eigenvalue weighted by atomic mass is 10.1. The van der Waals surface area contributed by atoms with E-state index in [-0.39, 0.29) is 6.04 Å². The van der Waals surface area contributed by atoms with Crippen molar-refractivity contribution in [3.63, 3.8) is 0 Å². The van der Waals surface area contributed by atoms with Crippen LogP contribution in [0.3, 0.4) is 0 Å². The molecule has 0 saturated carbocycles. The number of benzene rings is 1. The van der Waals surface area contributed by atoms with Gasteiger partial charge in [-0.2, -0.15) is 0 Å². The van der Waals surface area contributed by atoms with E-state index in [0.717, 1.165) is 5.56 Å². The molecule has 2 aromatic rings. The minimum atomic E-state index is 0.0306. The Balaban J connectivity index is 1.83. The van der Waals surface area contributed by atoms with Crippen LogP contribution in [0, 0.1) is 6.92 Å². The highest BCUT2D eigenvalue weighted by Gasteiger charge is 2.29. The average molecular weight is 332 g/mol. The number of thiophene rings is 1. The summed E-state index contributed by atoms with van der Waals surface area (Å²) in [6.45, 7) is 2.70. The summed E-state index contributed by atoms with van der Waals surface area (Å²) in [5.74, 6) is 1.85. The lowest BCUT2D eigenvalue weighted by Crippen LogP contribution is -2.23. The Bertz CT molecular complexity index is 726. The average Bonchev–Trinajstić information content (AvgIpc) is 3.12. The molecule has 23 heavy (non-hydrogen) atoms. The number of hydrogen-bond donors (Lipinski definition) is 1. The molecule has 0 bridgehead atoms. The van der Waals surface area contributed by atoms with Gasteiger partial charge < -0.3 is 20.0 Å². The van der Waals surface area contributed by atoms with Gasteiger partial charge >= 0.3 is 0 Å². The second-order valence-electron chi connectivity index (χ2n) is 5.34. The smallest absolute Gasteiger partial charge is 0.207 e. The molecule has 1 aliphatic heterocycles. The van der Waals surface area contributed by atoms with Crippen LogP contribution in [0.25, 0.3) is 0 Å². The van der Waals surface area contributed by atoms with Crippen molar-refractivity contribution in [1.29, 1.82) is 0 Å². The first-order valence-corrected chi connectivity index (χ1v) is 8.17. The zero-order valence-corrected chi connectivity index (χ0v) is 14.2. The third-order valence-electron chi connectivity index (χ3n) is 3.81. The molecule has 1 atom stereocenters. The molecular weight excluding hydrogens is 312 g/mol. The second kappa shape index (κ2) is 6.52. The van der Waals surface area contributed by atoms with Gasteiger partial charge in [0.25, 0.3) is 0 Å². The fraction of sp³-hybridized carbons (Fsp3) is 0.294. The van der Waals surface area contributed by atoms with Crippen LogP contribution in [0.15, 0.2) is 41.6 Å². The molecule has 0 aliphatic carbocycles. The summed E-state index contributed by atoms with van der Waals surface area (Å²) in [6.07, 6.45) is 1.94. The lowest BCUT2D eigenvalue weighted by molar-refractivity contribution is -0.127. The Morgan fingerprint density at radius 1 is 1.22 bits per heavy atom. The maximum Gasteiger partial charge on any atom is 0.207 e. The molecule has 0 spiro atoms. The zero-order valence-electron chi connectivity index (χ0n) is 13.4. The van der Waals surface area contributed by atoms with Crippen LogP contribution in [0.2, 0.25) is 0 Å². The zero-order chi connectivity index (χ0) is 16.4. The Kier molecular flexibility index (Phi) is 4.45. The second-order valence-corrected chi connectivity index (χ2v) is 6.29. The molecule has 0 fully saturated rings. The summed E-state index contributed by atoms with van der Waals surface area (Å²) in [5.41, 5.74) is 8.19. The van der Waals surface area contributed by atoms with Crippen LogP contribution in [0.5, 0.6) is 11.5 Å². The van der Waals surface area contributed by atoms with Crippen LogP contribution in [0.1, 0.15) is 22.0 Å². The third-order valence-corrected chi connectivity index (χ3v) is 4.90. The van der Waals surface area contributed by atoms with Gasteiger partial charge in [0.15, 0.2) is 11.5 Å². The summed E-state index contributed by atoms with van der Waals surface area (Å²) >= 11 is 1.71. The van der Waals surface area contributed by atoms with Gasteiger partial charge in [-0.1, -0.05) is 6.07 Å². The number of hydroxylamine groups is 2. The van der Waals surface area contributed by atoms with Crippen molar-refractivity contribution in [3.8, 4) is 11.5 Å². The molecule has 1 unspecified atom stereocenters. The van der Waals surface area contributed by atoms with Crippen LogP contribution >= 0.6 is 11.3 Å². The van der Waals surface area contributed by atoms with Gasteiger partial charge in [0.1, 0.15) is 6.04 Å². The van der Waals surface area contributed by atoms with Crippen molar-refractivity contribution < 1.29 is 14.3 Å². The fourth-order valence-corrected chi connectivity index (χ4v) is 3.64. The molecule has 0 radical (unpaired) electrons. The number of ether oxygens (including phenoxy) is 2. The first-order chi connectivity index (χ1) is 11.1. The van der Waals surface area contributed by atoms with E-state index >= 15 is 0 Å². The highest BCUT2D eigenvalue weighted by molar-refractivity contribution is 7.10. The minimum Gasteiger partial charge on any atom is -0.493 e. The Labute approximate surface area is 139 Å². The predicted octanol–water partition coefficient (Wildman–Crippen LogP) is 3.36. The van der Waals surface area contributed by atoms with E-state index in [1.54, 1.807) is 25.6 Å². The number of hydrogen-bond acceptors (Lipinski definition) is 6. The summed E-state index contributed by atoms with van der Waals surface area (Å²) in [4.78, 5) is 6.94. The van der Waals surface area contributed by atoms with E-state index in [1.165, 1.54) is 10.4 Å². The molecule has 5 nitrogen and oxygen atoms in total. The molecule has 1 aromatic carbocycles. The van der Waals surface area contributed by atoms with Gasteiger partial charge in [-0.05, 0) is 41.6 Å². The van der Waals surface area contributed by atoms with Gasteiger partial charge in [-0.25, -0.2) is 0 Å². The van der Waals surface area contributed by atoms with Crippen LogP contribution in [0.4, 0.5) is 0 Å². The highest BCUT2D eigenvalue weighted by Crippen LogP contribution is 2.36.